The zero-order valence-electron chi connectivity index (χ0n) is 11.8. The van der Waals surface area contributed by atoms with Crippen molar-refractivity contribution in [3.63, 3.8) is 0 Å². The molecule has 1 aromatic carbocycles. The predicted octanol–water partition coefficient (Wildman–Crippen LogP) is 1.77. The first kappa shape index (κ1) is 13.4. The second kappa shape index (κ2) is 5.72. The molecule has 0 amide bonds. The summed E-state index contributed by atoms with van der Waals surface area (Å²) in [4.78, 5) is 5.02. The molecule has 1 atom stereocenters. The molecule has 1 aliphatic heterocycles. The lowest BCUT2D eigenvalue weighted by atomic mass is 10.1. The van der Waals surface area contributed by atoms with Crippen LogP contribution in [-0.2, 0) is 0 Å². The van der Waals surface area contributed by atoms with Crippen LogP contribution in [0.5, 0.6) is 0 Å². The van der Waals surface area contributed by atoms with Gasteiger partial charge in [0.2, 0.25) is 0 Å². The van der Waals surface area contributed by atoms with Crippen LogP contribution in [0.4, 0.5) is 5.69 Å². The van der Waals surface area contributed by atoms with Crippen LogP contribution in [0.1, 0.15) is 18.1 Å². The molecular weight excluding hydrogens is 222 g/mol. The van der Waals surface area contributed by atoms with Crippen molar-refractivity contribution in [2.24, 2.45) is 5.73 Å². The molecule has 1 aliphatic rings. The number of anilines is 1. The van der Waals surface area contributed by atoms with Gasteiger partial charge >= 0.3 is 0 Å². The zero-order valence-corrected chi connectivity index (χ0v) is 11.8. The van der Waals surface area contributed by atoms with Crippen molar-refractivity contribution in [3.05, 3.63) is 29.3 Å². The number of para-hydroxylation sites is 1. The van der Waals surface area contributed by atoms with E-state index >= 15 is 0 Å². The highest BCUT2D eigenvalue weighted by molar-refractivity contribution is 5.59. The molecule has 1 heterocycles. The smallest absolute Gasteiger partial charge is 0.0426 e. The average molecular weight is 247 g/mol. The molecule has 0 aliphatic carbocycles. The summed E-state index contributed by atoms with van der Waals surface area (Å²) < 4.78 is 0. The van der Waals surface area contributed by atoms with Crippen LogP contribution in [0, 0.1) is 13.8 Å². The van der Waals surface area contributed by atoms with E-state index in [9.17, 15) is 0 Å². The second-order valence-electron chi connectivity index (χ2n) is 5.36. The van der Waals surface area contributed by atoms with Crippen LogP contribution >= 0.6 is 0 Å². The number of nitrogens with zero attached hydrogens (tertiary/aromatic N) is 2. The van der Waals surface area contributed by atoms with Crippen molar-refractivity contribution in [3.8, 4) is 0 Å². The largest absolute Gasteiger partial charge is 0.368 e. The number of hydrogen-bond donors (Lipinski definition) is 1. The van der Waals surface area contributed by atoms with Gasteiger partial charge in [-0.2, -0.15) is 0 Å². The number of rotatable bonds is 3. The van der Waals surface area contributed by atoms with Crippen molar-refractivity contribution in [1.82, 2.24) is 4.90 Å². The molecular formula is C15H25N3. The summed E-state index contributed by atoms with van der Waals surface area (Å²) in [5.41, 5.74) is 9.86. The maximum absolute atomic E-state index is 5.66. The molecule has 2 N–H and O–H groups in total. The van der Waals surface area contributed by atoms with Gasteiger partial charge in [0.1, 0.15) is 0 Å². The summed E-state index contributed by atoms with van der Waals surface area (Å²) in [6.07, 6.45) is 0. The Morgan fingerprint density at radius 1 is 1.22 bits per heavy atom. The zero-order chi connectivity index (χ0) is 13.1. The SMILES string of the molecule is Cc1cccc(C)c1N1CCN(CCN)C(C)C1. The third-order valence-electron chi connectivity index (χ3n) is 3.94. The molecule has 2 rings (SSSR count). The van der Waals surface area contributed by atoms with Gasteiger partial charge in [0, 0.05) is 44.5 Å². The minimum absolute atomic E-state index is 0.585. The van der Waals surface area contributed by atoms with E-state index in [1.54, 1.807) is 0 Å². The van der Waals surface area contributed by atoms with E-state index in [4.69, 9.17) is 5.73 Å². The third kappa shape index (κ3) is 2.68. The van der Waals surface area contributed by atoms with Gasteiger partial charge in [-0.05, 0) is 31.9 Å². The van der Waals surface area contributed by atoms with Crippen molar-refractivity contribution >= 4 is 5.69 Å². The summed E-state index contributed by atoms with van der Waals surface area (Å²) in [6, 6.07) is 7.14. The van der Waals surface area contributed by atoms with Gasteiger partial charge in [0.15, 0.2) is 0 Å². The van der Waals surface area contributed by atoms with E-state index in [1.807, 2.05) is 0 Å². The lowest BCUT2D eigenvalue weighted by Crippen LogP contribution is -2.53. The first-order chi connectivity index (χ1) is 8.63. The van der Waals surface area contributed by atoms with E-state index in [1.165, 1.54) is 16.8 Å². The minimum Gasteiger partial charge on any atom is -0.368 e. The van der Waals surface area contributed by atoms with Crippen LogP contribution in [0.2, 0.25) is 0 Å². The quantitative estimate of drug-likeness (QED) is 0.883. The van der Waals surface area contributed by atoms with E-state index in [0.29, 0.717) is 6.04 Å². The number of hydrogen-bond acceptors (Lipinski definition) is 3. The first-order valence-corrected chi connectivity index (χ1v) is 6.88. The standard InChI is InChI=1S/C15H25N3/c1-12-5-4-6-13(2)15(12)18-10-9-17(8-7-16)14(3)11-18/h4-6,14H,7-11,16H2,1-3H3. The van der Waals surface area contributed by atoms with Gasteiger partial charge in [0.05, 0.1) is 0 Å². The Balaban J connectivity index is 2.13. The van der Waals surface area contributed by atoms with Crippen LogP contribution in [0.15, 0.2) is 18.2 Å². The monoisotopic (exact) mass is 247 g/mol. The molecule has 0 radical (unpaired) electrons. The van der Waals surface area contributed by atoms with Crippen LogP contribution in [-0.4, -0.2) is 43.7 Å². The number of benzene rings is 1. The Bertz CT molecular complexity index is 382. The van der Waals surface area contributed by atoms with Gasteiger partial charge in [0.25, 0.3) is 0 Å². The van der Waals surface area contributed by atoms with Crippen LogP contribution in [0.25, 0.3) is 0 Å². The molecule has 1 aromatic rings. The molecule has 1 saturated heterocycles. The third-order valence-corrected chi connectivity index (χ3v) is 3.94. The molecule has 0 bridgehead atoms. The lowest BCUT2D eigenvalue weighted by molar-refractivity contribution is 0.195. The van der Waals surface area contributed by atoms with Crippen molar-refractivity contribution in [1.29, 1.82) is 0 Å². The summed E-state index contributed by atoms with van der Waals surface area (Å²) in [6.45, 7) is 11.8. The Morgan fingerprint density at radius 3 is 2.44 bits per heavy atom. The summed E-state index contributed by atoms with van der Waals surface area (Å²) in [5.74, 6) is 0. The second-order valence-corrected chi connectivity index (χ2v) is 5.36. The number of nitrogens with two attached hydrogens (primary N) is 1. The molecule has 0 spiro atoms. The Morgan fingerprint density at radius 2 is 1.89 bits per heavy atom. The highest BCUT2D eigenvalue weighted by Crippen LogP contribution is 2.26. The molecule has 3 nitrogen and oxygen atoms in total. The lowest BCUT2D eigenvalue weighted by Gasteiger charge is -2.42. The average Bonchev–Trinajstić information content (AvgIpc) is 2.32. The van der Waals surface area contributed by atoms with E-state index in [2.05, 4.69) is 48.8 Å². The molecule has 1 unspecified atom stereocenters. The van der Waals surface area contributed by atoms with E-state index in [0.717, 1.165) is 32.7 Å². The molecule has 0 aromatic heterocycles. The van der Waals surface area contributed by atoms with Crippen LogP contribution in [0.3, 0.4) is 0 Å². The topological polar surface area (TPSA) is 32.5 Å². The maximum Gasteiger partial charge on any atom is 0.0426 e. The fourth-order valence-corrected chi connectivity index (χ4v) is 3.00. The Hall–Kier alpha value is -1.06. The Kier molecular flexibility index (Phi) is 4.25. The van der Waals surface area contributed by atoms with Crippen molar-refractivity contribution in [2.45, 2.75) is 26.8 Å². The van der Waals surface area contributed by atoms with Crippen molar-refractivity contribution < 1.29 is 0 Å². The fourth-order valence-electron chi connectivity index (χ4n) is 3.00. The highest BCUT2D eigenvalue weighted by Gasteiger charge is 2.24. The number of piperazine rings is 1. The Labute approximate surface area is 111 Å². The highest BCUT2D eigenvalue weighted by atomic mass is 15.3. The number of aryl methyl sites for hydroxylation is 2. The van der Waals surface area contributed by atoms with Gasteiger partial charge < -0.3 is 10.6 Å². The molecule has 18 heavy (non-hydrogen) atoms. The van der Waals surface area contributed by atoms with E-state index < -0.39 is 0 Å². The fraction of sp³-hybridized carbons (Fsp3) is 0.600. The van der Waals surface area contributed by atoms with Gasteiger partial charge in [-0.25, -0.2) is 0 Å². The van der Waals surface area contributed by atoms with Gasteiger partial charge in [-0.15, -0.1) is 0 Å². The predicted molar refractivity (Wildman–Crippen MR) is 78.2 cm³/mol. The van der Waals surface area contributed by atoms with Crippen LogP contribution < -0.4 is 10.6 Å². The normalized spacial score (nSPS) is 21.3. The molecule has 3 heteroatoms. The summed E-state index contributed by atoms with van der Waals surface area (Å²) in [5, 5.41) is 0. The minimum atomic E-state index is 0.585. The van der Waals surface area contributed by atoms with Gasteiger partial charge in [-0.3, -0.25) is 4.90 Å². The van der Waals surface area contributed by atoms with Gasteiger partial charge in [-0.1, -0.05) is 18.2 Å². The molecule has 100 valence electrons. The summed E-state index contributed by atoms with van der Waals surface area (Å²) >= 11 is 0. The van der Waals surface area contributed by atoms with E-state index in [-0.39, 0.29) is 0 Å². The first-order valence-electron chi connectivity index (χ1n) is 6.88. The molecule has 0 saturated carbocycles. The summed E-state index contributed by atoms with van der Waals surface area (Å²) in [7, 11) is 0. The maximum atomic E-state index is 5.66. The molecule has 1 fully saturated rings. The van der Waals surface area contributed by atoms with Crippen molar-refractivity contribution in [2.75, 3.05) is 37.6 Å².